The van der Waals surface area contributed by atoms with Gasteiger partial charge in [0, 0.05) is 32.4 Å². The van der Waals surface area contributed by atoms with Gasteiger partial charge in [-0.3, -0.25) is 14.5 Å². The summed E-state index contributed by atoms with van der Waals surface area (Å²) in [5, 5.41) is 2.89. The van der Waals surface area contributed by atoms with Gasteiger partial charge in [0.25, 0.3) is 11.5 Å². The number of carbonyl (C=O) groups is 1. The minimum Gasteiger partial charge on any atom is -0.373 e. The monoisotopic (exact) mass is 459 g/mol. The molecule has 2 atom stereocenters. The zero-order valence-electron chi connectivity index (χ0n) is 20.2. The summed E-state index contributed by atoms with van der Waals surface area (Å²) in [6.07, 6.45) is 2.21. The summed E-state index contributed by atoms with van der Waals surface area (Å²) in [7, 11) is 0. The fourth-order valence-electron chi connectivity index (χ4n) is 4.55. The van der Waals surface area contributed by atoms with Crippen molar-refractivity contribution in [3.8, 4) is 0 Å². The summed E-state index contributed by atoms with van der Waals surface area (Å²) >= 11 is 0. The van der Waals surface area contributed by atoms with Gasteiger partial charge in [0.1, 0.15) is 5.56 Å². The Morgan fingerprint density at radius 3 is 2.35 bits per heavy atom. The number of pyridine rings is 1. The summed E-state index contributed by atoms with van der Waals surface area (Å²) in [6, 6.07) is 19.6. The van der Waals surface area contributed by atoms with E-state index in [0.29, 0.717) is 13.1 Å². The molecule has 2 aromatic carbocycles. The van der Waals surface area contributed by atoms with Crippen LogP contribution in [-0.4, -0.2) is 40.7 Å². The van der Waals surface area contributed by atoms with Crippen molar-refractivity contribution in [2.45, 2.75) is 52.6 Å². The number of nitrogens with one attached hydrogen (secondary N) is 1. The highest BCUT2D eigenvalue weighted by Crippen LogP contribution is 2.15. The number of aromatic nitrogens is 1. The van der Waals surface area contributed by atoms with E-state index in [1.54, 1.807) is 22.9 Å². The predicted molar refractivity (Wildman–Crippen MR) is 134 cm³/mol. The van der Waals surface area contributed by atoms with E-state index in [-0.39, 0.29) is 29.2 Å². The molecule has 34 heavy (non-hydrogen) atoms. The first-order valence-corrected chi connectivity index (χ1v) is 11.9. The van der Waals surface area contributed by atoms with E-state index in [0.717, 1.165) is 36.3 Å². The number of benzene rings is 2. The fourth-order valence-corrected chi connectivity index (χ4v) is 4.55. The average molecular weight is 460 g/mol. The highest BCUT2D eigenvalue weighted by Gasteiger charge is 2.22. The summed E-state index contributed by atoms with van der Waals surface area (Å²) in [6.45, 7) is 9.79. The molecular weight excluding hydrogens is 426 g/mol. The van der Waals surface area contributed by atoms with Crippen LogP contribution in [0.5, 0.6) is 0 Å². The van der Waals surface area contributed by atoms with E-state index in [1.807, 2.05) is 43.3 Å². The van der Waals surface area contributed by atoms with Crippen LogP contribution < -0.4 is 10.9 Å². The predicted octanol–water partition coefficient (Wildman–Crippen LogP) is 3.74. The maximum Gasteiger partial charge on any atom is 0.263 e. The summed E-state index contributed by atoms with van der Waals surface area (Å²) in [4.78, 5) is 28.0. The fraction of sp³-hybridized carbons (Fsp3) is 0.357. The topological polar surface area (TPSA) is 63.6 Å². The van der Waals surface area contributed by atoms with Crippen molar-refractivity contribution in [2.24, 2.45) is 0 Å². The molecule has 6 nitrogen and oxygen atoms in total. The van der Waals surface area contributed by atoms with Crippen LogP contribution in [0, 0.1) is 6.92 Å². The molecule has 1 aliphatic heterocycles. The van der Waals surface area contributed by atoms with E-state index < -0.39 is 0 Å². The minimum atomic E-state index is -0.357. The standard InChI is InChI=1S/C28H33N3O3/c1-20-6-4-7-25(14-20)19-31-13-5-8-26(28(31)33)27(32)29-15-23-9-11-24(12-10-23)18-30-16-21(2)34-22(3)17-30/h4-14,21-22H,15-19H2,1-3H3,(H,29,32). The molecule has 1 aromatic heterocycles. The molecule has 0 bridgehead atoms. The molecule has 4 rings (SSSR count). The third-order valence-electron chi connectivity index (χ3n) is 6.08. The summed E-state index contributed by atoms with van der Waals surface area (Å²) in [5.74, 6) is -0.357. The number of nitrogens with zero attached hydrogens (tertiary/aromatic N) is 2. The number of hydrogen-bond donors (Lipinski definition) is 1. The average Bonchev–Trinajstić information content (AvgIpc) is 2.79. The molecule has 3 aromatic rings. The van der Waals surface area contributed by atoms with Crippen molar-refractivity contribution < 1.29 is 9.53 Å². The number of amides is 1. The van der Waals surface area contributed by atoms with E-state index in [9.17, 15) is 9.59 Å². The number of aryl methyl sites for hydroxylation is 1. The molecule has 2 unspecified atom stereocenters. The van der Waals surface area contributed by atoms with Crippen molar-refractivity contribution in [2.75, 3.05) is 13.1 Å². The van der Waals surface area contributed by atoms with Crippen LogP contribution in [-0.2, 0) is 24.4 Å². The van der Waals surface area contributed by atoms with Gasteiger partial charge >= 0.3 is 0 Å². The van der Waals surface area contributed by atoms with E-state index in [2.05, 4.69) is 36.2 Å². The summed E-state index contributed by atoms with van der Waals surface area (Å²) in [5.41, 5.74) is 4.27. The molecule has 1 aliphatic rings. The van der Waals surface area contributed by atoms with Gasteiger partial charge in [-0.05, 0) is 49.6 Å². The maximum absolute atomic E-state index is 12.9. The second-order valence-corrected chi connectivity index (χ2v) is 9.29. The van der Waals surface area contributed by atoms with Crippen molar-refractivity contribution in [1.82, 2.24) is 14.8 Å². The zero-order valence-corrected chi connectivity index (χ0v) is 20.2. The van der Waals surface area contributed by atoms with Gasteiger partial charge in [-0.2, -0.15) is 0 Å². The molecule has 0 saturated carbocycles. The third kappa shape index (κ3) is 6.22. The number of morpholine rings is 1. The van der Waals surface area contributed by atoms with E-state index in [1.165, 1.54) is 5.56 Å². The second-order valence-electron chi connectivity index (χ2n) is 9.29. The Kier molecular flexibility index (Phi) is 7.60. The molecule has 0 radical (unpaired) electrons. The highest BCUT2D eigenvalue weighted by atomic mass is 16.5. The minimum absolute atomic E-state index is 0.155. The number of rotatable bonds is 7. The number of carbonyl (C=O) groups excluding carboxylic acids is 1. The Hall–Kier alpha value is -3.22. The molecule has 1 amide bonds. The Balaban J connectivity index is 1.35. The van der Waals surface area contributed by atoms with E-state index >= 15 is 0 Å². The first-order chi connectivity index (χ1) is 16.4. The first kappa shape index (κ1) is 23.9. The van der Waals surface area contributed by atoms with Gasteiger partial charge in [-0.25, -0.2) is 0 Å². The van der Waals surface area contributed by atoms with Crippen LogP contribution in [0.4, 0.5) is 0 Å². The van der Waals surface area contributed by atoms with Crippen molar-refractivity contribution >= 4 is 5.91 Å². The second kappa shape index (κ2) is 10.8. The van der Waals surface area contributed by atoms with Crippen molar-refractivity contribution in [1.29, 1.82) is 0 Å². The molecule has 0 aliphatic carbocycles. The number of ether oxygens (including phenoxy) is 1. The van der Waals surface area contributed by atoms with Gasteiger partial charge in [0.05, 0.1) is 18.8 Å². The van der Waals surface area contributed by atoms with Crippen molar-refractivity contribution in [3.05, 3.63) is 105 Å². The van der Waals surface area contributed by atoms with Gasteiger partial charge in [0.15, 0.2) is 0 Å². The molecule has 1 saturated heterocycles. The van der Waals surface area contributed by atoms with Crippen molar-refractivity contribution in [3.63, 3.8) is 0 Å². The maximum atomic E-state index is 12.9. The molecular formula is C28H33N3O3. The van der Waals surface area contributed by atoms with Crippen LogP contribution in [0.3, 0.4) is 0 Å². The Morgan fingerprint density at radius 1 is 0.941 bits per heavy atom. The van der Waals surface area contributed by atoms with Crippen LogP contribution in [0.25, 0.3) is 0 Å². The molecule has 178 valence electrons. The van der Waals surface area contributed by atoms with Gasteiger partial charge < -0.3 is 14.6 Å². The van der Waals surface area contributed by atoms with Crippen LogP contribution in [0.2, 0.25) is 0 Å². The largest absolute Gasteiger partial charge is 0.373 e. The lowest BCUT2D eigenvalue weighted by Gasteiger charge is -2.35. The van der Waals surface area contributed by atoms with E-state index in [4.69, 9.17) is 4.74 Å². The number of hydrogen-bond acceptors (Lipinski definition) is 4. The Bertz CT molecular complexity index is 1180. The molecule has 2 heterocycles. The van der Waals surface area contributed by atoms with Gasteiger partial charge in [0.2, 0.25) is 0 Å². The lowest BCUT2D eigenvalue weighted by atomic mass is 10.1. The molecule has 1 N–H and O–H groups in total. The SMILES string of the molecule is Cc1cccc(Cn2cccc(C(=O)NCc3ccc(CN4CC(C)OC(C)C4)cc3)c2=O)c1. The first-order valence-electron chi connectivity index (χ1n) is 11.9. The molecule has 6 heteroatoms. The normalized spacial score (nSPS) is 18.6. The summed E-state index contributed by atoms with van der Waals surface area (Å²) < 4.78 is 7.38. The van der Waals surface area contributed by atoms with Gasteiger partial charge in [-0.1, -0.05) is 54.1 Å². The molecule has 1 fully saturated rings. The lowest BCUT2D eigenvalue weighted by Crippen LogP contribution is -2.44. The smallest absolute Gasteiger partial charge is 0.263 e. The quantitative estimate of drug-likeness (QED) is 0.585. The third-order valence-corrected chi connectivity index (χ3v) is 6.08. The Morgan fingerprint density at radius 2 is 1.65 bits per heavy atom. The van der Waals surface area contributed by atoms with Crippen LogP contribution in [0.1, 0.15) is 46.5 Å². The van der Waals surface area contributed by atoms with Gasteiger partial charge in [-0.15, -0.1) is 0 Å². The molecule has 0 spiro atoms. The van der Waals surface area contributed by atoms with Crippen LogP contribution >= 0.6 is 0 Å². The zero-order chi connectivity index (χ0) is 24.1. The lowest BCUT2D eigenvalue weighted by molar-refractivity contribution is -0.0704. The highest BCUT2D eigenvalue weighted by molar-refractivity contribution is 5.93. The van der Waals surface area contributed by atoms with Crippen LogP contribution in [0.15, 0.2) is 71.7 Å². The Labute approximate surface area is 201 Å².